The second-order valence-electron chi connectivity index (χ2n) is 5.61. The average Bonchev–Trinajstić information content (AvgIpc) is 2.58. The van der Waals surface area contributed by atoms with E-state index in [9.17, 15) is 17.6 Å². The van der Waals surface area contributed by atoms with Crippen LogP contribution in [-0.4, -0.2) is 20.9 Å². The van der Waals surface area contributed by atoms with Crippen LogP contribution in [0.25, 0.3) is 0 Å². The molecule has 2 rings (SSSR count). The monoisotopic (exact) mass is 364 g/mol. The molecule has 0 atom stereocenters. The molecule has 7 heteroatoms. The van der Waals surface area contributed by atoms with Gasteiger partial charge in [0.05, 0.1) is 10.6 Å². The smallest absolute Gasteiger partial charge is 0.261 e. The fourth-order valence-electron chi connectivity index (χ4n) is 2.25. The molecule has 0 fully saturated rings. The van der Waals surface area contributed by atoms with E-state index in [1.807, 2.05) is 0 Å². The zero-order valence-corrected chi connectivity index (χ0v) is 14.8. The van der Waals surface area contributed by atoms with Gasteiger partial charge < -0.3 is 5.32 Å². The quantitative estimate of drug-likeness (QED) is 0.704. The van der Waals surface area contributed by atoms with Crippen molar-refractivity contribution in [3.8, 4) is 0 Å². The van der Waals surface area contributed by atoms with Gasteiger partial charge in [-0.3, -0.25) is 9.52 Å². The molecule has 0 saturated heterocycles. The molecule has 0 aliphatic carbocycles. The van der Waals surface area contributed by atoms with Crippen LogP contribution in [0.4, 0.5) is 10.1 Å². The molecule has 2 aromatic carbocycles. The number of halogens is 1. The van der Waals surface area contributed by atoms with Crippen LogP contribution in [0.1, 0.15) is 36.5 Å². The summed E-state index contributed by atoms with van der Waals surface area (Å²) in [7, 11) is -3.91. The number of nitrogens with one attached hydrogen (secondary N) is 2. The molecule has 0 aliphatic rings. The number of amides is 1. The van der Waals surface area contributed by atoms with Crippen molar-refractivity contribution < 1.29 is 17.6 Å². The number of carbonyl (C=O) groups excluding carboxylic acids is 1. The Hall–Kier alpha value is -2.41. The Morgan fingerprint density at radius 1 is 1.08 bits per heavy atom. The molecule has 0 aromatic heterocycles. The molecule has 0 unspecified atom stereocenters. The summed E-state index contributed by atoms with van der Waals surface area (Å²) >= 11 is 0. The number of anilines is 1. The molecule has 0 radical (unpaired) electrons. The topological polar surface area (TPSA) is 75.3 Å². The lowest BCUT2D eigenvalue weighted by Crippen LogP contribution is -2.24. The van der Waals surface area contributed by atoms with Gasteiger partial charge in [0.15, 0.2) is 0 Å². The molecule has 134 valence electrons. The third kappa shape index (κ3) is 5.56. The van der Waals surface area contributed by atoms with Gasteiger partial charge in [-0.1, -0.05) is 31.9 Å². The lowest BCUT2D eigenvalue weighted by atomic mass is 10.2. The molecular formula is C18H21FN2O3S. The Bertz CT molecular complexity index is 838. The normalized spacial score (nSPS) is 11.1. The Kier molecular flexibility index (Phi) is 6.52. The van der Waals surface area contributed by atoms with Gasteiger partial charge in [0.1, 0.15) is 5.82 Å². The average molecular weight is 364 g/mol. The summed E-state index contributed by atoms with van der Waals surface area (Å²) in [5.41, 5.74) is 0.382. The zero-order valence-electron chi connectivity index (χ0n) is 14.0. The van der Waals surface area contributed by atoms with Crippen LogP contribution in [0, 0.1) is 5.82 Å². The number of benzene rings is 2. The molecule has 25 heavy (non-hydrogen) atoms. The van der Waals surface area contributed by atoms with E-state index in [1.54, 1.807) is 6.07 Å². The second-order valence-corrected chi connectivity index (χ2v) is 7.29. The number of hydrogen-bond donors (Lipinski definition) is 2. The second kappa shape index (κ2) is 8.62. The van der Waals surface area contributed by atoms with Crippen molar-refractivity contribution in [2.45, 2.75) is 31.1 Å². The van der Waals surface area contributed by atoms with Crippen LogP contribution in [0.15, 0.2) is 53.4 Å². The SMILES string of the molecule is CCCCCNC(=O)c1cccc(S(=O)(=O)Nc2cccc(F)c2)c1. The summed E-state index contributed by atoms with van der Waals surface area (Å²) in [5.74, 6) is -0.862. The molecule has 0 saturated carbocycles. The first-order valence-electron chi connectivity index (χ1n) is 8.09. The molecular weight excluding hydrogens is 343 g/mol. The maximum absolute atomic E-state index is 13.2. The number of carbonyl (C=O) groups is 1. The van der Waals surface area contributed by atoms with Gasteiger partial charge in [0.2, 0.25) is 0 Å². The van der Waals surface area contributed by atoms with E-state index in [1.165, 1.54) is 36.4 Å². The van der Waals surface area contributed by atoms with Crippen LogP contribution < -0.4 is 10.0 Å². The highest BCUT2D eigenvalue weighted by atomic mass is 32.2. The molecule has 0 bridgehead atoms. The molecule has 2 aromatic rings. The van der Waals surface area contributed by atoms with Crippen molar-refractivity contribution in [3.05, 3.63) is 59.9 Å². The molecule has 5 nitrogen and oxygen atoms in total. The Morgan fingerprint density at radius 3 is 2.56 bits per heavy atom. The van der Waals surface area contributed by atoms with E-state index in [0.717, 1.165) is 25.3 Å². The minimum absolute atomic E-state index is 0.0574. The third-order valence-electron chi connectivity index (χ3n) is 3.55. The van der Waals surface area contributed by atoms with Crippen LogP contribution in [-0.2, 0) is 10.0 Å². The summed E-state index contributed by atoms with van der Waals surface area (Å²) in [6, 6.07) is 10.9. The standard InChI is InChI=1S/C18H21FN2O3S/c1-2-3-4-11-20-18(22)14-7-5-10-17(12-14)25(23,24)21-16-9-6-8-15(19)13-16/h5-10,12-13,21H,2-4,11H2,1H3,(H,20,22). The zero-order chi connectivity index (χ0) is 18.3. The lowest BCUT2D eigenvalue weighted by molar-refractivity contribution is 0.0952. The van der Waals surface area contributed by atoms with Gasteiger partial charge in [-0.15, -0.1) is 0 Å². The predicted octanol–water partition coefficient (Wildman–Crippen LogP) is 3.55. The van der Waals surface area contributed by atoms with E-state index >= 15 is 0 Å². The number of hydrogen-bond acceptors (Lipinski definition) is 3. The number of unbranched alkanes of at least 4 members (excludes halogenated alkanes) is 2. The van der Waals surface area contributed by atoms with Crippen LogP contribution >= 0.6 is 0 Å². The van der Waals surface area contributed by atoms with Gasteiger partial charge in [0.25, 0.3) is 15.9 Å². The van der Waals surface area contributed by atoms with Crippen LogP contribution in [0.3, 0.4) is 0 Å². The van der Waals surface area contributed by atoms with Gasteiger partial charge >= 0.3 is 0 Å². The van der Waals surface area contributed by atoms with Crippen molar-refractivity contribution in [1.82, 2.24) is 5.32 Å². The van der Waals surface area contributed by atoms with Crippen molar-refractivity contribution in [1.29, 1.82) is 0 Å². The van der Waals surface area contributed by atoms with Gasteiger partial charge in [-0.25, -0.2) is 12.8 Å². The lowest BCUT2D eigenvalue weighted by Gasteiger charge is -2.10. The summed E-state index contributed by atoms with van der Waals surface area (Å²) in [4.78, 5) is 12.1. The fraction of sp³-hybridized carbons (Fsp3) is 0.278. The molecule has 0 aliphatic heterocycles. The number of rotatable bonds is 8. The maximum atomic E-state index is 13.2. The highest BCUT2D eigenvalue weighted by Crippen LogP contribution is 2.18. The van der Waals surface area contributed by atoms with Crippen molar-refractivity contribution in [2.75, 3.05) is 11.3 Å². The van der Waals surface area contributed by atoms with E-state index in [0.29, 0.717) is 6.54 Å². The highest BCUT2D eigenvalue weighted by Gasteiger charge is 2.16. The molecule has 1 amide bonds. The van der Waals surface area contributed by atoms with E-state index < -0.39 is 15.8 Å². The highest BCUT2D eigenvalue weighted by molar-refractivity contribution is 7.92. The molecule has 0 heterocycles. The predicted molar refractivity (Wildman–Crippen MR) is 95.5 cm³/mol. The largest absolute Gasteiger partial charge is 0.352 e. The van der Waals surface area contributed by atoms with E-state index in [-0.39, 0.29) is 22.1 Å². The van der Waals surface area contributed by atoms with Gasteiger partial charge in [0, 0.05) is 12.1 Å². The van der Waals surface area contributed by atoms with E-state index in [2.05, 4.69) is 17.0 Å². The maximum Gasteiger partial charge on any atom is 0.261 e. The van der Waals surface area contributed by atoms with Gasteiger partial charge in [-0.2, -0.15) is 0 Å². The van der Waals surface area contributed by atoms with Crippen molar-refractivity contribution in [2.24, 2.45) is 0 Å². The molecule has 2 N–H and O–H groups in total. The summed E-state index contributed by atoms with van der Waals surface area (Å²) in [5, 5.41) is 2.77. The summed E-state index contributed by atoms with van der Waals surface area (Å²) in [6.45, 7) is 2.62. The fourth-order valence-corrected chi connectivity index (χ4v) is 3.34. The first-order valence-corrected chi connectivity index (χ1v) is 9.57. The third-order valence-corrected chi connectivity index (χ3v) is 4.93. The minimum Gasteiger partial charge on any atom is -0.352 e. The van der Waals surface area contributed by atoms with Crippen molar-refractivity contribution >= 4 is 21.6 Å². The Morgan fingerprint density at radius 2 is 1.84 bits per heavy atom. The Balaban J connectivity index is 2.12. The number of sulfonamides is 1. The first kappa shape index (κ1) is 18.9. The Labute approximate surface area is 147 Å². The van der Waals surface area contributed by atoms with Crippen molar-refractivity contribution in [3.63, 3.8) is 0 Å². The minimum atomic E-state index is -3.91. The molecule has 0 spiro atoms. The van der Waals surface area contributed by atoms with Crippen LogP contribution in [0.2, 0.25) is 0 Å². The summed E-state index contributed by atoms with van der Waals surface area (Å²) in [6.07, 6.45) is 2.95. The van der Waals surface area contributed by atoms with E-state index in [4.69, 9.17) is 0 Å². The summed E-state index contributed by atoms with van der Waals surface area (Å²) < 4.78 is 40.3. The van der Waals surface area contributed by atoms with Crippen LogP contribution in [0.5, 0.6) is 0 Å². The first-order chi connectivity index (χ1) is 11.9. The van der Waals surface area contributed by atoms with Gasteiger partial charge in [-0.05, 0) is 42.8 Å².